The topological polar surface area (TPSA) is 66.2 Å². The van der Waals surface area contributed by atoms with Crippen LogP contribution in [0.2, 0.25) is 0 Å². The van der Waals surface area contributed by atoms with Crippen LogP contribution in [0.1, 0.15) is 40.2 Å². The van der Waals surface area contributed by atoms with Crippen LogP contribution >= 0.6 is 84.0 Å². The molecule has 0 atom stereocenters. The summed E-state index contributed by atoms with van der Waals surface area (Å²) in [4.78, 5) is 33.1. The lowest BCUT2D eigenvalue weighted by Gasteiger charge is -2.13. The molecule has 0 aliphatic carbocycles. The Labute approximate surface area is 380 Å². The molecule has 60 heavy (non-hydrogen) atoms. The Morgan fingerprint density at radius 3 is 1.78 bits per heavy atom. The second-order valence-corrected chi connectivity index (χ2v) is 22.4. The molecule has 2 saturated heterocycles. The van der Waals surface area contributed by atoms with Crippen LogP contribution in [0.3, 0.4) is 0 Å². The Bertz CT molecular complexity index is 2920. The lowest BCUT2D eigenvalue weighted by Crippen LogP contribution is -2.27. The van der Waals surface area contributed by atoms with Crippen molar-refractivity contribution in [2.24, 2.45) is 0 Å². The van der Waals surface area contributed by atoms with E-state index >= 15 is 0 Å². The highest BCUT2D eigenvalue weighted by molar-refractivity contribution is 9.11. The molecule has 2 aliphatic rings. The first-order valence-electron chi connectivity index (χ1n) is 19.7. The number of benzene rings is 3. The lowest BCUT2D eigenvalue weighted by atomic mass is 10.2. The molecule has 11 rings (SSSR count). The first-order valence-corrected chi connectivity index (χ1v) is 25.4. The van der Waals surface area contributed by atoms with E-state index in [2.05, 4.69) is 108 Å². The Kier molecular flexibility index (Phi) is 12.7. The van der Waals surface area contributed by atoms with E-state index in [4.69, 9.17) is 11.3 Å². The number of carbonyl (C=O) groups excluding carboxylic acids is 2. The number of carbonyl (C=O) groups is 2. The summed E-state index contributed by atoms with van der Waals surface area (Å²) >= 11 is 14.0. The molecule has 304 valence electrons. The Hall–Kier alpha value is -4.17. The minimum atomic E-state index is -0.360. The number of halogens is 1. The second kappa shape index (κ2) is 18.4. The van der Waals surface area contributed by atoms with Crippen LogP contribution in [-0.2, 0) is 9.53 Å². The molecule has 3 aromatic carbocycles. The molecular formula is C46H39BrN4O3S6. The van der Waals surface area contributed by atoms with Gasteiger partial charge >= 0.3 is 0 Å². The van der Waals surface area contributed by atoms with Crippen molar-refractivity contribution >= 4 is 173 Å². The number of thiophene rings is 6. The summed E-state index contributed by atoms with van der Waals surface area (Å²) in [6.07, 6.45) is 7.79. The lowest BCUT2D eigenvalue weighted by molar-refractivity contribution is -0.117. The number of hydrogen-bond donors (Lipinski definition) is 1. The van der Waals surface area contributed by atoms with Crippen LogP contribution in [0.15, 0.2) is 87.7 Å². The molecule has 2 aliphatic heterocycles. The molecule has 9 aromatic rings. The predicted octanol–water partition coefficient (Wildman–Crippen LogP) is 14.1. The Morgan fingerprint density at radius 2 is 1.20 bits per heavy atom. The summed E-state index contributed by atoms with van der Waals surface area (Å²) < 4.78 is 13.9. The summed E-state index contributed by atoms with van der Waals surface area (Å²) in [5.41, 5.74) is 0.0980. The minimum Gasteiger partial charge on any atom is -0.383 e. The van der Waals surface area contributed by atoms with Gasteiger partial charge in [0.05, 0.1) is 31.8 Å². The maximum atomic E-state index is 12.1. The standard InChI is InChI=1S/C21H21N3O2S2.C15H13NOS2.C10H5BrS2/c1-22-17(21(25)23-5-8-26-2)13-16-9-14-10-19-15(11-18(14)27-16)12-20(28-19)24-6-3-4-7-24;17-9-12-5-10-6-14-11(7-13(10)18-12)8-15(19-14)16-3-1-2-4-16;11-10-5-7-4-8-6(1-2-12-8)3-9(7)13-10/h9-13H,3-8H2,2H3,(H,23,25);5-9H,1-4H2;1-5H/b17-13-;;. The van der Waals surface area contributed by atoms with Crippen molar-refractivity contribution in [2.45, 2.75) is 25.7 Å². The predicted molar refractivity (Wildman–Crippen MR) is 267 cm³/mol. The van der Waals surface area contributed by atoms with Crippen molar-refractivity contribution in [3.05, 3.63) is 109 Å². The summed E-state index contributed by atoms with van der Waals surface area (Å²) in [6, 6.07) is 26.4. The van der Waals surface area contributed by atoms with E-state index < -0.39 is 0 Å². The van der Waals surface area contributed by atoms with Crippen LogP contribution in [-0.4, -0.2) is 58.6 Å². The molecule has 0 unspecified atom stereocenters. The van der Waals surface area contributed by atoms with Gasteiger partial charge in [0.25, 0.3) is 5.70 Å². The van der Waals surface area contributed by atoms with Crippen molar-refractivity contribution in [3.8, 4) is 0 Å². The highest BCUT2D eigenvalue weighted by Gasteiger charge is 2.17. The van der Waals surface area contributed by atoms with Crippen molar-refractivity contribution in [1.29, 1.82) is 0 Å². The maximum absolute atomic E-state index is 12.1. The van der Waals surface area contributed by atoms with E-state index in [0.29, 0.717) is 13.2 Å². The summed E-state index contributed by atoms with van der Waals surface area (Å²) in [5, 5.41) is 15.2. The third kappa shape index (κ3) is 9.05. The fraction of sp³-hybridized carbons (Fsp3) is 0.239. The first-order chi connectivity index (χ1) is 29.3. The van der Waals surface area contributed by atoms with Crippen molar-refractivity contribution < 1.29 is 14.3 Å². The zero-order valence-corrected chi connectivity index (χ0v) is 39.1. The minimum absolute atomic E-state index is 0.0980. The largest absolute Gasteiger partial charge is 0.383 e. The number of amides is 1. The zero-order chi connectivity index (χ0) is 41.2. The van der Waals surface area contributed by atoms with Crippen LogP contribution in [0.25, 0.3) is 71.4 Å². The molecule has 0 saturated carbocycles. The number of fused-ring (bicyclic) bond motifs is 6. The fourth-order valence-corrected chi connectivity index (χ4v) is 14.2. The van der Waals surface area contributed by atoms with Gasteiger partial charge in [0.15, 0.2) is 6.29 Å². The monoisotopic (exact) mass is 966 g/mol. The van der Waals surface area contributed by atoms with Crippen LogP contribution in [0.5, 0.6) is 0 Å². The SMILES string of the molecule is Brc1cc2cc3sccc3cc2s1.O=Cc1cc2cc3sc(N4CCCC4)cc3cc2s1.[C-]#[N+]/C(=C\c1cc2cc3sc(N4CCCC4)cc3cc2s1)C(=O)NCCOC. The number of anilines is 2. The average Bonchev–Trinajstić information content (AvgIpc) is 4.09. The smallest absolute Gasteiger partial charge is 0.251 e. The van der Waals surface area contributed by atoms with Crippen LogP contribution in [0, 0.1) is 6.57 Å². The number of nitrogens with zero attached hydrogens (tertiary/aromatic N) is 3. The van der Waals surface area contributed by atoms with Crippen LogP contribution in [0.4, 0.5) is 10.0 Å². The van der Waals surface area contributed by atoms with Gasteiger partial charge in [-0.15, -0.1) is 68.0 Å². The number of ether oxygens (including phenoxy) is 1. The molecule has 14 heteroatoms. The van der Waals surface area contributed by atoms with Gasteiger partial charge in [-0.2, -0.15) is 0 Å². The maximum Gasteiger partial charge on any atom is 0.251 e. The van der Waals surface area contributed by atoms with Gasteiger partial charge in [-0.05, 0) is 158 Å². The van der Waals surface area contributed by atoms with Crippen molar-refractivity contribution in [2.75, 3.05) is 56.2 Å². The van der Waals surface area contributed by atoms with E-state index in [1.54, 1.807) is 58.5 Å². The fourth-order valence-electron chi connectivity index (χ4n) is 7.58. The Balaban J connectivity index is 0.000000124. The molecule has 7 nitrogen and oxygen atoms in total. The zero-order valence-electron chi connectivity index (χ0n) is 32.6. The molecule has 2 fully saturated rings. The van der Waals surface area contributed by atoms with E-state index in [1.807, 2.05) is 28.7 Å². The highest BCUT2D eigenvalue weighted by atomic mass is 79.9. The number of aldehydes is 1. The molecule has 8 heterocycles. The second-order valence-electron chi connectivity index (χ2n) is 14.6. The molecule has 1 N–H and O–H groups in total. The summed E-state index contributed by atoms with van der Waals surface area (Å²) in [7, 11) is 1.58. The summed E-state index contributed by atoms with van der Waals surface area (Å²) in [6.45, 7) is 12.8. The van der Waals surface area contributed by atoms with Gasteiger partial charge in [-0.3, -0.25) is 9.59 Å². The van der Waals surface area contributed by atoms with Gasteiger partial charge < -0.3 is 19.9 Å². The van der Waals surface area contributed by atoms with Gasteiger partial charge in [-0.1, -0.05) is 0 Å². The third-order valence-electron chi connectivity index (χ3n) is 10.6. The molecular weight excluding hydrogens is 929 g/mol. The molecule has 1 amide bonds. The van der Waals surface area contributed by atoms with Crippen LogP contribution < -0.4 is 15.1 Å². The number of rotatable bonds is 8. The molecule has 0 bridgehead atoms. The van der Waals surface area contributed by atoms with E-state index in [0.717, 1.165) is 34.5 Å². The first kappa shape index (κ1) is 41.2. The Morgan fingerprint density at radius 1 is 0.700 bits per heavy atom. The summed E-state index contributed by atoms with van der Waals surface area (Å²) in [5.74, 6) is -0.360. The quantitative estimate of drug-likeness (QED) is 0.0711. The number of methoxy groups -OCH3 is 1. The normalized spacial score (nSPS) is 14.3. The number of hydrogen-bond acceptors (Lipinski definition) is 11. The third-order valence-corrected chi connectivity index (χ3v) is 17.4. The highest BCUT2D eigenvalue weighted by Crippen LogP contribution is 2.40. The van der Waals surface area contributed by atoms with Gasteiger partial charge in [0.2, 0.25) is 5.91 Å². The van der Waals surface area contributed by atoms with Crippen molar-refractivity contribution in [1.82, 2.24) is 5.32 Å². The van der Waals surface area contributed by atoms with E-state index in [9.17, 15) is 9.59 Å². The number of nitrogens with one attached hydrogen (secondary N) is 1. The van der Waals surface area contributed by atoms with Gasteiger partial charge in [0.1, 0.15) is 0 Å². The van der Waals surface area contributed by atoms with Crippen molar-refractivity contribution in [3.63, 3.8) is 0 Å². The molecule has 0 spiro atoms. The average molecular weight is 968 g/mol. The molecule has 6 aromatic heterocycles. The van der Waals surface area contributed by atoms with E-state index in [1.165, 1.54) is 108 Å². The van der Waals surface area contributed by atoms with Gasteiger partial charge in [0, 0.05) is 72.9 Å². The molecule has 0 radical (unpaired) electrons. The van der Waals surface area contributed by atoms with Gasteiger partial charge in [-0.25, -0.2) is 4.85 Å². The van der Waals surface area contributed by atoms with E-state index in [-0.39, 0.29) is 11.6 Å².